The first kappa shape index (κ1) is 30.8. The first-order valence-corrected chi connectivity index (χ1v) is 14.0. The van der Waals surface area contributed by atoms with Gasteiger partial charge < -0.3 is 30.5 Å². The summed E-state index contributed by atoms with van der Waals surface area (Å²) in [5, 5.41) is 25.7. The van der Waals surface area contributed by atoms with E-state index in [0.717, 1.165) is 31.2 Å². The second kappa shape index (κ2) is 13.1. The number of phenolic OH excluding ortho intramolecular Hbond substituents is 2. The molecule has 0 bridgehead atoms. The van der Waals surface area contributed by atoms with Crippen LogP contribution in [-0.2, 0) is 20.7 Å². The normalized spacial score (nSPS) is 15.4. The molecule has 3 unspecified atom stereocenters. The quantitative estimate of drug-likeness (QED) is 0.314. The van der Waals surface area contributed by atoms with Crippen LogP contribution in [0.15, 0.2) is 42.5 Å². The lowest BCUT2D eigenvalue weighted by atomic mass is 9.98. The van der Waals surface area contributed by atoms with E-state index in [-0.39, 0.29) is 35.9 Å². The summed E-state index contributed by atoms with van der Waals surface area (Å²) in [7, 11) is 0. The van der Waals surface area contributed by atoms with Crippen molar-refractivity contribution in [3.63, 3.8) is 0 Å². The molecule has 9 heteroatoms. The number of ether oxygens (including phenoxy) is 1. The fraction of sp³-hybridized carbons (Fsp3) is 0.516. The van der Waals surface area contributed by atoms with Crippen LogP contribution in [0.2, 0.25) is 0 Å². The summed E-state index contributed by atoms with van der Waals surface area (Å²) in [6, 6.07) is 9.08. The largest absolute Gasteiger partial charge is 0.508 e. The Bertz CT molecular complexity index is 1190. The molecule has 40 heavy (non-hydrogen) atoms. The standard InChI is InChI=1S/C31H43N3O6/c1-7-8-20(3)32-28(37)27(22-11-16-26(36)19(2)17-22)34(23-12-13-23)29(38)25(33-30(39)40-31(4,5)6)18-21-9-14-24(35)15-10-21/h9-11,14-17,20,23,25,27,35-36H,7-8,12-13,18H2,1-6H3,(H,32,37)(H,33,39). The summed E-state index contributed by atoms with van der Waals surface area (Å²) in [6.45, 7) is 10.9. The molecule has 0 spiro atoms. The van der Waals surface area contributed by atoms with Crippen molar-refractivity contribution in [2.75, 3.05) is 0 Å². The first-order valence-electron chi connectivity index (χ1n) is 14.0. The minimum atomic E-state index is -1.03. The Morgan fingerprint density at radius 2 is 1.70 bits per heavy atom. The number of nitrogens with one attached hydrogen (secondary N) is 2. The number of aromatic hydroxyl groups is 2. The third kappa shape index (κ3) is 8.63. The van der Waals surface area contributed by atoms with Crippen LogP contribution in [0.3, 0.4) is 0 Å². The molecular formula is C31H43N3O6. The number of hydrogen-bond acceptors (Lipinski definition) is 6. The van der Waals surface area contributed by atoms with E-state index >= 15 is 0 Å². The summed E-state index contributed by atoms with van der Waals surface area (Å²) >= 11 is 0. The number of aryl methyl sites for hydroxylation is 1. The van der Waals surface area contributed by atoms with Gasteiger partial charge in [-0.05, 0) is 94.8 Å². The van der Waals surface area contributed by atoms with Crippen LogP contribution in [0, 0.1) is 6.92 Å². The Morgan fingerprint density at radius 3 is 2.25 bits per heavy atom. The number of alkyl carbamates (subject to hydrolysis) is 1. The molecule has 1 aliphatic rings. The van der Waals surface area contributed by atoms with E-state index < -0.39 is 29.7 Å². The maximum absolute atomic E-state index is 14.4. The highest BCUT2D eigenvalue weighted by atomic mass is 16.6. The van der Waals surface area contributed by atoms with Gasteiger partial charge in [0.25, 0.3) is 0 Å². The van der Waals surface area contributed by atoms with Gasteiger partial charge in [0.05, 0.1) is 0 Å². The Morgan fingerprint density at radius 1 is 1.05 bits per heavy atom. The Hall–Kier alpha value is -3.75. The molecule has 3 atom stereocenters. The van der Waals surface area contributed by atoms with Gasteiger partial charge >= 0.3 is 6.09 Å². The second-order valence-electron chi connectivity index (χ2n) is 11.7. The molecule has 4 N–H and O–H groups in total. The van der Waals surface area contributed by atoms with Gasteiger partial charge in [0, 0.05) is 18.5 Å². The summed E-state index contributed by atoms with van der Waals surface area (Å²) in [6.07, 6.45) is 2.54. The second-order valence-corrected chi connectivity index (χ2v) is 11.7. The number of carbonyl (C=O) groups excluding carboxylic acids is 3. The minimum absolute atomic E-state index is 0.0898. The van der Waals surface area contributed by atoms with E-state index in [9.17, 15) is 24.6 Å². The molecule has 218 valence electrons. The molecule has 0 saturated heterocycles. The Labute approximate surface area is 236 Å². The first-order chi connectivity index (χ1) is 18.8. The van der Waals surface area contributed by atoms with Gasteiger partial charge in [-0.15, -0.1) is 0 Å². The van der Waals surface area contributed by atoms with E-state index in [4.69, 9.17) is 4.74 Å². The number of benzene rings is 2. The maximum Gasteiger partial charge on any atom is 0.408 e. The van der Waals surface area contributed by atoms with Crippen molar-refractivity contribution in [3.8, 4) is 11.5 Å². The molecule has 0 aliphatic heterocycles. The zero-order chi connectivity index (χ0) is 29.6. The lowest BCUT2D eigenvalue weighted by Crippen LogP contribution is -2.55. The smallest absolute Gasteiger partial charge is 0.408 e. The predicted octanol–water partition coefficient (Wildman–Crippen LogP) is 4.88. The summed E-state index contributed by atoms with van der Waals surface area (Å²) in [5.41, 5.74) is 1.12. The van der Waals surface area contributed by atoms with Crippen molar-refractivity contribution >= 4 is 17.9 Å². The molecule has 0 radical (unpaired) electrons. The fourth-order valence-corrected chi connectivity index (χ4v) is 4.68. The number of hydrogen-bond donors (Lipinski definition) is 4. The van der Waals surface area contributed by atoms with Gasteiger partial charge in [-0.3, -0.25) is 9.59 Å². The number of nitrogens with zero attached hydrogens (tertiary/aromatic N) is 1. The SMILES string of the molecule is CCCC(C)NC(=O)C(c1ccc(O)c(C)c1)N(C(=O)C(Cc1ccc(O)cc1)NC(=O)OC(C)(C)C)C1CC1. The Balaban J connectivity index is 2.02. The van der Waals surface area contributed by atoms with Gasteiger partial charge in [-0.25, -0.2) is 4.79 Å². The van der Waals surface area contributed by atoms with Crippen LogP contribution in [0.5, 0.6) is 11.5 Å². The zero-order valence-corrected chi connectivity index (χ0v) is 24.4. The fourth-order valence-electron chi connectivity index (χ4n) is 4.68. The van der Waals surface area contributed by atoms with Crippen LogP contribution in [-0.4, -0.2) is 56.7 Å². The lowest BCUT2D eigenvalue weighted by molar-refractivity contribution is -0.143. The molecule has 1 fully saturated rings. The van der Waals surface area contributed by atoms with Crippen LogP contribution in [0.1, 0.15) is 83.0 Å². The van der Waals surface area contributed by atoms with Crippen molar-refractivity contribution in [1.82, 2.24) is 15.5 Å². The monoisotopic (exact) mass is 553 g/mol. The molecule has 9 nitrogen and oxygen atoms in total. The zero-order valence-electron chi connectivity index (χ0n) is 24.4. The molecule has 1 saturated carbocycles. The van der Waals surface area contributed by atoms with Gasteiger partial charge in [0.2, 0.25) is 11.8 Å². The number of phenols is 2. The average molecular weight is 554 g/mol. The molecule has 0 aromatic heterocycles. The number of amides is 3. The number of carbonyl (C=O) groups is 3. The maximum atomic E-state index is 14.4. The van der Waals surface area contributed by atoms with E-state index in [1.807, 2.05) is 13.8 Å². The van der Waals surface area contributed by atoms with Gasteiger partial charge in [-0.1, -0.05) is 31.5 Å². The van der Waals surface area contributed by atoms with Gasteiger partial charge in [0.1, 0.15) is 29.2 Å². The van der Waals surface area contributed by atoms with Crippen molar-refractivity contribution in [2.24, 2.45) is 0 Å². The molecule has 2 aromatic carbocycles. The molecule has 2 aromatic rings. The van der Waals surface area contributed by atoms with Gasteiger partial charge in [0.15, 0.2) is 0 Å². The van der Waals surface area contributed by atoms with Crippen molar-refractivity contribution < 1.29 is 29.3 Å². The van der Waals surface area contributed by atoms with E-state index in [2.05, 4.69) is 10.6 Å². The van der Waals surface area contributed by atoms with Crippen molar-refractivity contribution in [2.45, 2.75) is 103 Å². The van der Waals surface area contributed by atoms with E-state index in [1.54, 1.807) is 56.9 Å². The predicted molar refractivity (Wildman–Crippen MR) is 153 cm³/mol. The average Bonchev–Trinajstić information content (AvgIpc) is 3.69. The summed E-state index contributed by atoms with van der Waals surface area (Å²) < 4.78 is 5.46. The molecule has 3 amide bonds. The third-order valence-electron chi connectivity index (χ3n) is 6.73. The minimum Gasteiger partial charge on any atom is -0.508 e. The van der Waals surface area contributed by atoms with Crippen LogP contribution in [0.4, 0.5) is 4.79 Å². The molecular weight excluding hydrogens is 510 g/mol. The van der Waals surface area contributed by atoms with Gasteiger partial charge in [-0.2, -0.15) is 0 Å². The highest BCUT2D eigenvalue weighted by Gasteiger charge is 2.44. The van der Waals surface area contributed by atoms with Crippen molar-refractivity contribution in [1.29, 1.82) is 0 Å². The van der Waals surface area contributed by atoms with Crippen LogP contribution in [0.25, 0.3) is 0 Å². The summed E-state index contributed by atoms with van der Waals surface area (Å²) in [4.78, 5) is 42.6. The third-order valence-corrected chi connectivity index (χ3v) is 6.73. The van der Waals surface area contributed by atoms with E-state index in [1.165, 1.54) is 18.2 Å². The Kier molecular flexibility index (Phi) is 10.1. The highest BCUT2D eigenvalue weighted by Crippen LogP contribution is 2.37. The molecule has 0 heterocycles. The molecule has 1 aliphatic carbocycles. The van der Waals surface area contributed by atoms with E-state index in [0.29, 0.717) is 11.1 Å². The lowest BCUT2D eigenvalue weighted by Gasteiger charge is -2.35. The van der Waals surface area contributed by atoms with Crippen molar-refractivity contribution in [3.05, 3.63) is 59.2 Å². The highest BCUT2D eigenvalue weighted by molar-refractivity contribution is 5.93. The topological polar surface area (TPSA) is 128 Å². The summed E-state index contributed by atoms with van der Waals surface area (Å²) in [5.74, 6) is -0.530. The number of rotatable bonds is 11. The van der Waals surface area contributed by atoms with Crippen LogP contribution < -0.4 is 10.6 Å². The van der Waals surface area contributed by atoms with Crippen LogP contribution >= 0.6 is 0 Å². The molecule has 3 rings (SSSR count).